The number of benzene rings is 1. The van der Waals surface area contributed by atoms with Gasteiger partial charge in [0.15, 0.2) is 6.10 Å². The van der Waals surface area contributed by atoms with Crippen molar-refractivity contribution in [1.82, 2.24) is 0 Å². The number of hydrogen-bond acceptors (Lipinski definition) is 2. The highest BCUT2D eigenvalue weighted by atomic mass is 16.5. The van der Waals surface area contributed by atoms with Crippen LogP contribution in [0.4, 0.5) is 0 Å². The predicted molar refractivity (Wildman–Crippen MR) is 73.9 cm³/mol. The van der Waals surface area contributed by atoms with E-state index in [0.717, 1.165) is 32.1 Å². The van der Waals surface area contributed by atoms with Crippen molar-refractivity contribution in [1.29, 1.82) is 0 Å². The van der Waals surface area contributed by atoms with Crippen molar-refractivity contribution in [3.8, 4) is 0 Å². The molecule has 0 amide bonds. The highest BCUT2D eigenvalue weighted by Gasteiger charge is 2.24. The van der Waals surface area contributed by atoms with Gasteiger partial charge in [-0.05, 0) is 37.7 Å². The van der Waals surface area contributed by atoms with Crippen molar-refractivity contribution in [2.45, 2.75) is 44.3 Å². The lowest BCUT2D eigenvalue weighted by molar-refractivity contribution is -0.155. The van der Waals surface area contributed by atoms with Gasteiger partial charge < -0.3 is 9.84 Å². The topological polar surface area (TPSA) is 46.5 Å². The lowest BCUT2D eigenvalue weighted by Gasteiger charge is -2.23. The fraction of sp³-hybridized carbons (Fsp3) is 0.438. The molecule has 0 saturated heterocycles. The molecule has 3 nitrogen and oxygen atoms in total. The first-order valence-corrected chi connectivity index (χ1v) is 6.85. The molecule has 1 aliphatic carbocycles. The van der Waals surface area contributed by atoms with Crippen LogP contribution in [0, 0.1) is 0 Å². The number of hydrogen-bond donors (Lipinski definition) is 1. The molecule has 0 bridgehead atoms. The van der Waals surface area contributed by atoms with Gasteiger partial charge in [-0.3, -0.25) is 0 Å². The fourth-order valence-corrected chi connectivity index (χ4v) is 2.36. The maximum absolute atomic E-state index is 11.4. The van der Waals surface area contributed by atoms with E-state index in [1.54, 1.807) is 0 Å². The van der Waals surface area contributed by atoms with E-state index < -0.39 is 12.1 Å². The SMILES string of the molecule is O=C(O)C(OC1CCC=CCCC1)c1ccccc1. The molecule has 19 heavy (non-hydrogen) atoms. The monoisotopic (exact) mass is 260 g/mol. The van der Waals surface area contributed by atoms with E-state index in [-0.39, 0.29) is 6.10 Å². The van der Waals surface area contributed by atoms with Gasteiger partial charge in [-0.2, -0.15) is 0 Å². The quantitative estimate of drug-likeness (QED) is 0.839. The summed E-state index contributed by atoms with van der Waals surface area (Å²) in [6.07, 6.45) is 8.45. The van der Waals surface area contributed by atoms with Gasteiger partial charge in [0, 0.05) is 0 Å². The summed E-state index contributed by atoms with van der Waals surface area (Å²) in [4.78, 5) is 11.4. The van der Waals surface area contributed by atoms with Crippen molar-refractivity contribution in [3.05, 3.63) is 48.0 Å². The number of allylic oxidation sites excluding steroid dienone is 2. The van der Waals surface area contributed by atoms with Crippen molar-refractivity contribution < 1.29 is 14.6 Å². The summed E-state index contributed by atoms with van der Waals surface area (Å²) in [6.45, 7) is 0. The first-order valence-electron chi connectivity index (χ1n) is 6.85. The average molecular weight is 260 g/mol. The van der Waals surface area contributed by atoms with Gasteiger partial charge in [0.2, 0.25) is 0 Å². The Bertz CT molecular complexity index is 425. The van der Waals surface area contributed by atoms with E-state index in [2.05, 4.69) is 12.2 Å². The first kappa shape index (κ1) is 13.8. The number of ether oxygens (including phenoxy) is 1. The van der Waals surface area contributed by atoms with Crippen LogP contribution in [0.5, 0.6) is 0 Å². The summed E-state index contributed by atoms with van der Waals surface area (Å²) in [7, 11) is 0. The molecule has 2 unspecified atom stereocenters. The fourth-order valence-electron chi connectivity index (χ4n) is 2.36. The number of rotatable bonds is 4. The Labute approximate surface area is 113 Å². The molecular formula is C16H20O3. The van der Waals surface area contributed by atoms with E-state index in [9.17, 15) is 9.90 Å². The zero-order valence-corrected chi connectivity index (χ0v) is 11.0. The van der Waals surface area contributed by atoms with Gasteiger partial charge in [-0.15, -0.1) is 0 Å². The van der Waals surface area contributed by atoms with E-state index in [0.29, 0.717) is 5.56 Å². The smallest absolute Gasteiger partial charge is 0.337 e. The largest absolute Gasteiger partial charge is 0.479 e. The Morgan fingerprint density at radius 3 is 2.63 bits per heavy atom. The zero-order valence-electron chi connectivity index (χ0n) is 11.0. The molecule has 1 aliphatic rings. The first-order chi connectivity index (χ1) is 9.27. The Morgan fingerprint density at radius 1 is 1.16 bits per heavy atom. The van der Waals surface area contributed by atoms with E-state index in [1.807, 2.05) is 30.3 Å². The number of carboxylic acids is 1. The molecule has 102 valence electrons. The summed E-state index contributed by atoms with van der Waals surface area (Å²) < 4.78 is 5.84. The number of aliphatic carboxylic acids is 1. The minimum absolute atomic E-state index is 0.0336. The molecule has 0 spiro atoms. The van der Waals surface area contributed by atoms with Gasteiger partial charge >= 0.3 is 5.97 Å². The molecule has 3 heteroatoms. The second-order valence-electron chi connectivity index (χ2n) is 4.87. The molecule has 0 aromatic heterocycles. The minimum Gasteiger partial charge on any atom is -0.479 e. The second kappa shape index (κ2) is 7.10. The molecule has 0 heterocycles. The molecule has 0 fully saturated rings. The summed E-state index contributed by atoms with van der Waals surface area (Å²) in [5, 5.41) is 9.34. The zero-order chi connectivity index (χ0) is 13.5. The lowest BCUT2D eigenvalue weighted by Crippen LogP contribution is -2.23. The van der Waals surface area contributed by atoms with Gasteiger partial charge in [-0.1, -0.05) is 42.5 Å². The van der Waals surface area contributed by atoms with Crippen LogP contribution in [-0.4, -0.2) is 17.2 Å². The Morgan fingerprint density at radius 2 is 1.89 bits per heavy atom. The van der Waals surface area contributed by atoms with Crippen LogP contribution in [0.25, 0.3) is 0 Å². The molecule has 2 rings (SSSR count). The minimum atomic E-state index is -0.913. The van der Waals surface area contributed by atoms with Gasteiger partial charge in [0.1, 0.15) is 0 Å². The average Bonchev–Trinajstić information content (AvgIpc) is 2.38. The van der Waals surface area contributed by atoms with Crippen LogP contribution in [0.3, 0.4) is 0 Å². The van der Waals surface area contributed by atoms with Crippen LogP contribution < -0.4 is 0 Å². The maximum atomic E-state index is 11.4. The third-order valence-electron chi connectivity index (χ3n) is 3.37. The second-order valence-corrected chi connectivity index (χ2v) is 4.87. The van der Waals surface area contributed by atoms with E-state index in [4.69, 9.17) is 4.74 Å². The number of carbonyl (C=O) groups is 1. The summed E-state index contributed by atoms with van der Waals surface area (Å²) in [5.74, 6) is -0.913. The maximum Gasteiger partial charge on any atom is 0.337 e. The van der Waals surface area contributed by atoms with Gasteiger partial charge in [0.25, 0.3) is 0 Å². The number of carboxylic acid groups (broad SMARTS) is 1. The van der Waals surface area contributed by atoms with Gasteiger partial charge in [0.05, 0.1) is 6.10 Å². The highest BCUT2D eigenvalue weighted by molar-refractivity contribution is 5.74. The summed E-state index contributed by atoms with van der Waals surface area (Å²) in [5.41, 5.74) is 0.715. The molecule has 0 saturated carbocycles. The van der Waals surface area contributed by atoms with Crippen molar-refractivity contribution >= 4 is 5.97 Å². The van der Waals surface area contributed by atoms with Crippen molar-refractivity contribution in [2.24, 2.45) is 0 Å². The molecule has 1 N–H and O–H groups in total. The van der Waals surface area contributed by atoms with Crippen LogP contribution in [-0.2, 0) is 9.53 Å². The Hall–Kier alpha value is -1.61. The normalized spacial score (nSPS) is 21.4. The molecule has 1 aromatic rings. The molecule has 1 aromatic carbocycles. The third kappa shape index (κ3) is 4.21. The standard InChI is InChI=1S/C16H20O3/c17-16(18)15(13-9-5-4-6-10-13)19-14-11-7-2-1-3-8-12-14/h1-2,4-6,9-10,14-15H,3,7-8,11-12H2,(H,17,18). The Kier molecular flexibility index (Phi) is 5.16. The molecule has 0 aliphatic heterocycles. The van der Waals surface area contributed by atoms with Crippen LogP contribution in [0.1, 0.15) is 43.8 Å². The van der Waals surface area contributed by atoms with Crippen molar-refractivity contribution in [2.75, 3.05) is 0 Å². The molecule has 0 radical (unpaired) electrons. The highest BCUT2D eigenvalue weighted by Crippen LogP contribution is 2.24. The summed E-state index contributed by atoms with van der Waals surface area (Å²) in [6, 6.07) is 9.18. The third-order valence-corrected chi connectivity index (χ3v) is 3.37. The van der Waals surface area contributed by atoms with E-state index >= 15 is 0 Å². The van der Waals surface area contributed by atoms with Gasteiger partial charge in [-0.25, -0.2) is 4.79 Å². The Balaban J connectivity index is 2.04. The van der Waals surface area contributed by atoms with Crippen LogP contribution in [0.2, 0.25) is 0 Å². The van der Waals surface area contributed by atoms with E-state index in [1.165, 1.54) is 0 Å². The molecular weight excluding hydrogens is 240 g/mol. The predicted octanol–water partition coefficient (Wildman–Crippen LogP) is 3.72. The van der Waals surface area contributed by atoms with Crippen molar-refractivity contribution in [3.63, 3.8) is 0 Å². The summed E-state index contributed by atoms with van der Waals surface area (Å²) >= 11 is 0. The molecule has 2 atom stereocenters. The van der Waals surface area contributed by atoms with Crippen LogP contribution in [0.15, 0.2) is 42.5 Å². The van der Waals surface area contributed by atoms with Crippen LogP contribution >= 0.6 is 0 Å². The lowest BCUT2D eigenvalue weighted by atomic mass is 10.0.